The van der Waals surface area contributed by atoms with Gasteiger partial charge in [0.1, 0.15) is 6.10 Å². The molecule has 1 amide bonds. The van der Waals surface area contributed by atoms with Gasteiger partial charge in [0.25, 0.3) is 0 Å². The molecule has 0 spiro atoms. The number of carbonyl (C=O) groups excluding carboxylic acids is 2. The summed E-state index contributed by atoms with van der Waals surface area (Å²) in [6, 6.07) is 6.26. The van der Waals surface area contributed by atoms with Crippen LogP contribution in [0.15, 0.2) is 18.2 Å². The summed E-state index contributed by atoms with van der Waals surface area (Å²) in [7, 11) is 1.36. The Morgan fingerprint density at radius 1 is 1.33 bits per heavy atom. The molecule has 3 aliphatic carbocycles. The highest BCUT2D eigenvalue weighted by atomic mass is 16.5. The molecular weight excluding hydrogens is 342 g/mol. The highest BCUT2D eigenvalue weighted by Crippen LogP contribution is 2.41. The lowest BCUT2D eigenvalue weighted by atomic mass is 9.82. The summed E-state index contributed by atoms with van der Waals surface area (Å²) < 4.78 is 10.4. The quantitative estimate of drug-likeness (QED) is 0.595. The number of terminal acetylenes is 1. The number of likely N-dealkylation sites (tertiary alicyclic amines) is 1. The normalized spacial score (nSPS) is 26.8. The van der Waals surface area contributed by atoms with E-state index < -0.39 is 0 Å². The Bertz CT molecular complexity index is 766. The standard InChI is InChI=1S/C15H21NO4.C7H6/c1-4-10-9-11-12(16(10)15(18)19-3)7-6-8-13(11)20-14(17)5-2;1-5-4-6-2-3-7(5)6/h1,10-13H,5-9H2,2-3H3;2-4H,1H3/t10?,11-,12-,13+;/m1./s1. The van der Waals surface area contributed by atoms with Crippen LogP contribution in [0.2, 0.25) is 0 Å². The molecule has 0 aromatic rings. The van der Waals surface area contributed by atoms with Gasteiger partial charge in [-0.3, -0.25) is 9.69 Å². The third-order valence-corrected chi connectivity index (χ3v) is 5.84. The molecule has 27 heavy (non-hydrogen) atoms. The van der Waals surface area contributed by atoms with Crippen molar-refractivity contribution in [3.05, 3.63) is 23.8 Å². The zero-order valence-corrected chi connectivity index (χ0v) is 16.2. The maximum atomic E-state index is 11.9. The lowest BCUT2D eigenvalue weighted by molar-refractivity contribution is -0.153. The minimum Gasteiger partial charge on any atom is -0.462 e. The van der Waals surface area contributed by atoms with Gasteiger partial charge >= 0.3 is 12.1 Å². The molecule has 1 saturated carbocycles. The topological polar surface area (TPSA) is 55.8 Å². The van der Waals surface area contributed by atoms with Gasteiger partial charge < -0.3 is 9.47 Å². The zero-order chi connectivity index (χ0) is 19.6. The van der Waals surface area contributed by atoms with Crippen LogP contribution in [0.25, 0.3) is 11.1 Å². The molecule has 1 heterocycles. The Balaban J connectivity index is 0.000000246. The van der Waals surface area contributed by atoms with Crippen molar-refractivity contribution in [1.82, 2.24) is 4.90 Å². The van der Waals surface area contributed by atoms with E-state index in [4.69, 9.17) is 15.9 Å². The molecule has 1 saturated heterocycles. The summed E-state index contributed by atoms with van der Waals surface area (Å²) in [4.78, 5) is 25.1. The van der Waals surface area contributed by atoms with Crippen molar-refractivity contribution in [2.24, 2.45) is 5.92 Å². The molecule has 4 rings (SSSR count). The van der Waals surface area contributed by atoms with E-state index in [1.54, 1.807) is 11.8 Å². The predicted octanol–water partition coefficient (Wildman–Crippen LogP) is 3.93. The van der Waals surface area contributed by atoms with Crippen molar-refractivity contribution in [3.8, 4) is 23.5 Å². The van der Waals surface area contributed by atoms with Gasteiger partial charge in [-0.05, 0) is 49.3 Å². The van der Waals surface area contributed by atoms with E-state index in [1.165, 1.54) is 23.8 Å². The molecule has 0 radical (unpaired) electrons. The summed E-state index contributed by atoms with van der Waals surface area (Å²) >= 11 is 0. The van der Waals surface area contributed by atoms with Crippen molar-refractivity contribution in [3.63, 3.8) is 0 Å². The van der Waals surface area contributed by atoms with Crippen LogP contribution < -0.4 is 0 Å². The lowest BCUT2D eigenvalue weighted by Crippen LogP contribution is -2.46. The minimum absolute atomic E-state index is 0.0203. The van der Waals surface area contributed by atoms with E-state index in [-0.39, 0.29) is 36.2 Å². The molecule has 0 N–H and O–H groups in total. The highest BCUT2D eigenvalue weighted by molar-refractivity contribution is 5.80. The van der Waals surface area contributed by atoms with Crippen LogP contribution in [0.5, 0.6) is 0 Å². The number of aryl methyl sites for hydroxylation is 1. The van der Waals surface area contributed by atoms with Crippen LogP contribution in [-0.2, 0) is 14.3 Å². The van der Waals surface area contributed by atoms with E-state index in [0.29, 0.717) is 12.8 Å². The van der Waals surface area contributed by atoms with E-state index in [2.05, 4.69) is 31.0 Å². The van der Waals surface area contributed by atoms with E-state index in [1.807, 2.05) is 0 Å². The van der Waals surface area contributed by atoms with Gasteiger partial charge in [-0.2, -0.15) is 0 Å². The first-order chi connectivity index (χ1) is 13.0. The van der Waals surface area contributed by atoms with Gasteiger partial charge in [-0.15, -0.1) is 6.42 Å². The zero-order valence-electron chi connectivity index (χ0n) is 16.2. The fourth-order valence-electron chi connectivity index (χ4n) is 4.36. The second kappa shape index (κ2) is 8.04. The predicted molar refractivity (Wildman–Crippen MR) is 103 cm³/mol. The molecule has 0 aromatic carbocycles. The molecule has 4 atom stereocenters. The third kappa shape index (κ3) is 3.66. The molecule has 5 nitrogen and oxygen atoms in total. The fraction of sp³-hybridized carbons (Fsp3) is 0.545. The second-order valence-corrected chi connectivity index (χ2v) is 7.37. The Hall–Kier alpha value is -2.48. The number of fused-ring (bicyclic) bond motifs is 2. The van der Waals surface area contributed by atoms with Gasteiger partial charge in [0, 0.05) is 18.4 Å². The highest BCUT2D eigenvalue weighted by Gasteiger charge is 2.49. The Labute approximate surface area is 161 Å². The van der Waals surface area contributed by atoms with Crippen molar-refractivity contribution < 1.29 is 19.1 Å². The van der Waals surface area contributed by atoms with Gasteiger partial charge in [0.05, 0.1) is 13.2 Å². The molecule has 1 aliphatic heterocycles. The van der Waals surface area contributed by atoms with Crippen molar-refractivity contribution in [1.29, 1.82) is 0 Å². The average Bonchev–Trinajstić information content (AvgIpc) is 3.05. The van der Waals surface area contributed by atoms with Crippen LogP contribution >= 0.6 is 0 Å². The number of rotatable bonds is 2. The SMILES string of the molecule is C#CC1C[C@H]2[C@@H](OC(=O)CC)CCC[C@H]2N1C(=O)OC.Cc1cc2ccc1-2. The molecule has 144 valence electrons. The summed E-state index contributed by atoms with van der Waals surface area (Å²) in [5.74, 6) is 2.59. The molecule has 1 unspecified atom stereocenters. The third-order valence-electron chi connectivity index (χ3n) is 5.84. The first-order valence-corrected chi connectivity index (χ1v) is 9.63. The molecule has 0 bridgehead atoms. The summed E-state index contributed by atoms with van der Waals surface area (Å²) in [6.07, 6.45) is 8.72. The molecule has 2 fully saturated rings. The number of hydrogen-bond donors (Lipinski definition) is 0. The maximum absolute atomic E-state index is 11.9. The van der Waals surface area contributed by atoms with Crippen LogP contribution in [0.3, 0.4) is 0 Å². The minimum atomic E-state index is -0.386. The Kier molecular flexibility index (Phi) is 5.74. The van der Waals surface area contributed by atoms with E-state index in [0.717, 1.165) is 19.3 Å². The maximum Gasteiger partial charge on any atom is 0.410 e. The fourth-order valence-corrected chi connectivity index (χ4v) is 4.36. The smallest absolute Gasteiger partial charge is 0.410 e. The van der Waals surface area contributed by atoms with Gasteiger partial charge in [-0.1, -0.05) is 31.0 Å². The number of carbonyl (C=O) groups is 2. The van der Waals surface area contributed by atoms with Gasteiger partial charge in [0.2, 0.25) is 0 Å². The number of amides is 1. The average molecular weight is 369 g/mol. The number of ether oxygens (including phenoxy) is 2. The summed E-state index contributed by atoms with van der Waals surface area (Å²) in [6.45, 7) is 3.92. The van der Waals surface area contributed by atoms with Crippen LogP contribution in [-0.4, -0.2) is 42.3 Å². The number of hydrogen-bond acceptors (Lipinski definition) is 4. The first kappa shape index (κ1) is 19.3. The summed E-state index contributed by atoms with van der Waals surface area (Å²) in [5, 5.41) is 0. The Morgan fingerprint density at radius 2 is 2.11 bits per heavy atom. The van der Waals surface area contributed by atoms with Crippen LogP contribution in [0.4, 0.5) is 4.79 Å². The lowest BCUT2D eigenvalue weighted by Gasteiger charge is -2.36. The molecule has 4 aliphatic rings. The van der Waals surface area contributed by atoms with E-state index >= 15 is 0 Å². The number of nitrogens with zero attached hydrogens (tertiary/aromatic N) is 1. The van der Waals surface area contributed by atoms with Crippen molar-refractivity contribution in [2.75, 3.05) is 7.11 Å². The molecule has 0 aromatic heterocycles. The van der Waals surface area contributed by atoms with Crippen LogP contribution in [0.1, 0.15) is 44.6 Å². The second-order valence-electron chi connectivity index (χ2n) is 7.37. The number of benzene rings is 1. The van der Waals surface area contributed by atoms with E-state index in [9.17, 15) is 9.59 Å². The largest absolute Gasteiger partial charge is 0.462 e. The first-order valence-electron chi connectivity index (χ1n) is 9.63. The van der Waals surface area contributed by atoms with Crippen molar-refractivity contribution in [2.45, 2.75) is 64.1 Å². The van der Waals surface area contributed by atoms with Gasteiger partial charge in [-0.25, -0.2) is 4.79 Å². The number of esters is 1. The monoisotopic (exact) mass is 369 g/mol. The Morgan fingerprint density at radius 3 is 2.56 bits per heavy atom. The van der Waals surface area contributed by atoms with Gasteiger partial charge in [0.15, 0.2) is 0 Å². The summed E-state index contributed by atoms with van der Waals surface area (Å²) in [5.41, 5.74) is 4.36. The number of methoxy groups -OCH3 is 1. The molecular formula is C22H27NO4. The van der Waals surface area contributed by atoms with Crippen molar-refractivity contribution >= 4 is 12.1 Å². The van der Waals surface area contributed by atoms with Crippen LogP contribution in [0, 0.1) is 25.2 Å². The molecule has 5 heteroatoms.